The molecule has 4 N–H and O–H groups in total. The number of rotatable bonds is 5. The molecule has 2 atom stereocenters. The van der Waals surface area contributed by atoms with Gasteiger partial charge in [0.25, 0.3) is 11.8 Å². The highest BCUT2D eigenvalue weighted by Crippen LogP contribution is 2.31. The molecule has 3 aromatic heterocycles. The normalized spacial score (nSPS) is 17.5. The monoisotopic (exact) mass is 488 g/mol. The van der Waals surface area contributed by atoms with Crippen LogP contribution in [0, 0.1) is 11.3 Å². The van der Waals surface area contributed by atoms with E-state index in [0.717, 1.165) is 0 Å². The summed E-state index contributed by atoms with van der Waals surface area (Å²) >= 11 is 0. The van der Waals surface area contributed by atoms with Crippen molar-refractivity contribution in [2.24, 2.45) is 0 Å². The number of aliphatic hydroxyl groups is 1. The number of ether oxygens (including phenoxy) is 1. The Balaban J connectivity index is 1.34. The first-order valence-corrected chi connectivity index (χ1v) is 10.9. The van der Waals surface area contributed by atoms with Gasteiger partial charge in [-0.05, 0) is 37.3 Å². The van der Waals surface area contributed by atoms with Gasteiger partial charge in [-0.1, -0.05) is 5.16 Å². The molecule has 1 saturated heterocycles. The first-order valence-electron chi connectivity index (χ1n) is 10.9. The van der Waals surface area contributed by atoms with E-state index in [2.05, 4.69) is 15.5 Å². The van der Waals surface area contributed by atoms with Gasteiger partial charge >= 0.3 is 0 Å². The number of morpholine rings is 1. The summed E-state index contributed by atoms with van der Waals surface area (Å²) in [7, 11) is 0. The minimum absolute atomic E-state index is 0.0625. The third kappa shape index (κ3) is 4.02. The van der Waals surface area contributed by atoms with Gasteiger partial charge < -0.3 is 29.8 Å². The Morgan fingerprint density at radius 2 is 2.14 bits per heavy atom. The number of hydrogen-bond donors (Lipinski definition) is 3. The van der Waals surface area contributed by atoms with Crippen LogP contribution in [0.25, 0.3) is 22.3 Å². The van der Waals surface area contributed by atoms with Crippen molar-refractivity contribution in [3.63, 3.8) is 0 Å². The van der Waals surface area contributed by atoms with E-state index < -0.39 is 23.5 Å². The van der Waals surface area contributed by atoms with Gasteiger partial charge in [0.2, 0.25) is 5.88 Å². The Labute approximate surface area is 203 Å². The summed E-state index contributed by atoms with van der Waals surface area (Å²) in [5.74, 6) is -0.647. The highest BCUT2D eigenvalue weighted by atomic mass is 16.5. The van der Waals surface area contributed by atoms with E-state index in [-0.39, 0.29) is 30.5 Å². The predicted octanol–water partition coefficient (Wildman–Crippen LogP) is 2.06. The molecular weight excluding hydrogens is 468 g/mol. The lowest BCUT2D eigenvalue weighted by Gasteiger charge is -2.37. The van der Waals surface area contributed by atoms with Gasteiger partial charge in [0.15, 0.2) is 23.1 Å². The molecule has 182 valence electrons. The summed E-state index contributed by atoms with van der Waals surface area (Å²) in [5.41, 5.74) is 4.99. The average molecular weight is 488 g/mol. The molecule has 4 aromatic rings. The van der Waals surface area contributed by atoms with Gasteiger partial charge in [-0.2, -0.15) is 5.26 Å². The van der Waals surface area contributed by atoms with Crippen LogP contribution in [0.3, 0.4) is 0 Å². The van der Waals surface area contributed by atoms with Crippen LogP contribution >= 0.6 is 0 Å². The molecule has 4 heterocycles. The zero-order valence-electron chi connectivity index (χ0n) is 19.0. The van der Waals surface area contributed by atoms with E-state index in [1.165, 1.54) is 24.1 Å². The lowest BCUT2D eigenvalue weighted by Crippen LogP contribution is -2.61. The second-order valence-electron chi connectivity index (χ2n) is 8.30. The number of nitrogen functional groups attached to an aromatic ring is 1. The first kappa shape index (κ1) is 23.0. The Kier molecular flexibility index (Phi) is 5.63. The largest absolute Gasteiger partial charge is 0.440 e. The fourth-order valence-corrected chi connectivity index (χ4v) is 3.89. The van der Waals surface area contributed by atoms with Gasteiger partial charge in [-0.3, -0.25) is 14.5 Å². The number of nitrogens with two attached hydrogens (primary N) is 1. The summed E-state index contributed by atoms with van der Waals surface area (Å²) in [6.07, 6.45) is -0.00718. The van der Waals surface area contributed by atoms with Crippen molar-refractivity contribution in [3.8, 4) is 17.4 Å². The van der Waals surface area contributed by atoms with E-state index >= 15 is 0 Å². The average Bonchev–Trinajstić information content (AvgIpc) is 3.51. The van der Waals surface area contributed by atoms with Crippen LogP contribution in [0.4, 0.5) is 17.4 Å². The molecule has 1 aliphatic heterocycles. The second kappa shape index (κ2) is 8.81. The maximum Gasteiger partial charge on any atom is 0.262 e. The zero-order valence-corrected chi connectivity index (χ0v) is 19.0. The summed E-state index contributed by atoms with van der Waals surface area (Å²) in [4.78, 5) is 31.5. The number of carbonyl (C=O) groups excluding carboxylic acids is 2. The predicted molar refractivity (Wildman–Crippen MR) is 126 cm³/mol. The van der Waals surface area contributed by atoms with Gasteiger partial charge in [0.1, 0.15) is 17.5 Å². The molecule has 0 spiro atoms. The van der Waals surface area contributed by atoms with Crippen molar-refractivity contribution >= 4 is 40.2 Å². The minimum atomic E-state index is -2.21. The number of furan rings is 1. The van der Waals surface area contributed by atoms with Crippen molar-refractivity contribution in [2.75, 3.05) is 29.1 Å². The zero-order chi connectivity index (χ0) is 25.4. The summed E-state index contributed by atoms with van der Waals surface area (Å²) in [5, 5.41) is 26.9. The van der Waals surface area contributed by atoms with E-state index in [1.807, 2.05) is 6.07 Å². The third-order valence-electron chi connectivity index (χ3n) is 5.83. The van der Waals surface area contributed by atoms with Gasteiger partial charge in [0.05, 0.1) is 18.5 Å². The van der Waals surface area contributed by atoms with Crippen LogP contribution in [-0.4, -0.2) is 51.9 Å². The second-order valence-corrected chi connectivity index (χ2v) is 8.30. The molecule has 12 heteroatoms. The summed E-state index contributed by atoms with van der Waals surface area (Å²) in [6.45, 7) is 1.42. The Morgan fingerprint density at radius 3 is 2.94 bits per heavy atom. The molecule has 0 radical (unpaired) electrons. The van der Waals surface area contributed by atoms with E-state index in [1.54, 1.807) is 36.4 Å². The fourth-order valence-electron chi connectivity index (χ4n) is 3.89. The molecule has 1 aliphatic rings. The number of aromatic nitrogens is 2. The number of amides is 2. The number of nitriles is 1. The van der Waals surface area contributed by atoms with E-state index in [0.29, 0.717) is 28.0 Å². The van der Waals surface area contributed by atoms with Crippen LogP contribution in [-0.2, 0) is 14.3 Å². The smallest absolute Gasteiger partial charge is 0.262 e. The molecule has 5 rings (SSSR count). The first-order chi connectivity index (χ1) is 17.3. The van der Waals surface area contributed by atoms with Crippen LogP contribution in [0.5, 0.6) is 0 Å². The van der Waals surface area contributed by atoms with Crippen LogP contribution < -0.4 is 16.0 Å². The standard InChI is InChI=1S/C24H20N6O6/c1-24(33,23(32)28-14-2-3-16-18(11-14)36-29-21(16)26)20-22(31)30(8-9-34-20)19-5-4-17(35-19)13-6-7-27-15(10-13)12-25/h2-7,10-11,20,33H,8-9H2,1H3,(H2,26,29)(H,28,32). The molecule has 0 saturated carbocycles. The maximum atomic E-state index is 13.3. The number of anilines is 3. The number of pyridine rings is 1. The minimum Gasteiger partial charge on any atom is -0.440 e. The highest BCUT2D eigenvalue weighted by Gasteiger charge is 2.49. The van der Waals surface area contributed by atoms with E-state index in [4.69, 9.17) is 24.7 Å². The number of fused-ring (bicyclic) bond motifs is 1. The van der Waals surface area contributed by atoms with Crippen molar-refractivity contribution in [1.29, 1.82) is 5.26 Å². The summed E-state index contributed by atoms with van der Waals surface area (Å²) < 4.78 is 16.5. The van der Waals surface area contributed by atoms with Crippen LogP contribution in [0.1, 0.15) is 12.6 Å². The van der Waals surface area contributed by atoms with E-state index in [9.17, 15) is 14.7 Å². The number of nitrogens with zero attached hydrogens (tertiary/aromatic N) is 4. The molecular formula is C24H20N6O6. The molecule has 2 unspecified atom stereocenters. The third-order valence-corrected chi connectivity index (χ3v) is 5.83. The SMILES string of the molecule is CC(O)(C(=O)Nc1ccc2c(N)noc2c1)C1OCCN(c2ccc(-c3ccnc(C#N)c3)o2)C1=O. The number of hydrogen-bond acceptors (Lipinski definition) is 10. The van der Waals surface area contributed by atoms with Crippen LogP contribution in [0.2, 0.25) is 0 Å². The molecule has 0 bridgehead atoms. The topological polar surface area (TPSA) is 181 Å². The maximum absolute atomic E-state index is 13.3. The number of benzene rings is 1. The van der Waals surface area contributed by atoms with Crippen molar-refractivity contribution in [1.82, 2.24) is 10.1 Å². The van der Waals surface area contributed by atoms with Crippen LogP contribution in [0.15, 0.2) is 57.6 Å². The van der Waals surface area contributed by atoms with Crippen molar-refractivity contribution in [2.45, 2.75) is 18.6 Å². The van der Waals surface area contributed by atoms with Gasteiger partial charge in [0, 0.05) is 29.6 Å². The number of carbonyl (C=O) groups is 2. The lowest BCUT2D eigenvalue weighted by molar-refractivity contribution is -0.165. The molecule has 1 fully saturated rings. The Morgan fingerprint density at radius 1 is 1.31 bits per heavy atom. The summed E-state index contributed by atoms with van der Waals surface area (Å²) in [6, 6.07) is 13.1. The molecule has 2 amide bonds. The quantitative estimate of drug-likeness (QED) is 0.376. The molecule has 0 aliphatic carbocycles. The molecule has 36 heavy (non-hydrogen) atoms. The molecule has 12 nitrogen and oxygen atoms in total. The van der Waals surface area contributed by atoms with Gasteiger partial charge in [-0.25, -0.2) is 4.98 Å². The Bertz CT molecular complexity index is 1520. The highest BCUT2D eigenvalue weighted by molar-refractivity contribution is 6.06. The lowest BCUT2D eigenvalue weighted by atomic mass is 9.95. The Hall–Kier alpha value is -4.73. The van der Waals surface area contributed by atoms with Gasteiger partial charge in [-0.15, -0.1) is 0 Å². The molecule has 1 aromatic carbocycles. The fraction of sp³-hybridized carbons (Fsp3) is 0.208. The van der Waals surface area contributed by atoms with Crippen molar-refractivity contribution < 1.29 is 28.4 Å². The number of nitrogens with one attached hydrogen (secondary N) is 1. The van der Waals surface area contributed by atoms with Crippen molar-refractivity contribution in [3.05, 3.63) is 54.4 Å².